The van der Waals surface area contributed by atoms with Gasteiger partial charge in [-0.2, -0.15) is 0 Å². The summed E-state index contributed by atoms with van der Waals surface area (Å²) in [6, 6.07) is 12.5. The van der Waals surface area contributed by atoms with Gasteiger partial charge in [0.15, 0.2) is 5.75 Å². The summed E-state index contributed by atoms with van der Waals surface area (Å²) in [5.74, 6) is 0.483. The second-order valence-electron chi connectivity index (χ2n) is 4.58. The van der Waals surface area contributed by atoms with E-state index in [4.69, 9.17) is 16.2 Å². The summed E-state index contributed by atoms with van der Waals surface area (Å²) in [6.45, 7) is 0. The van der Waals surface area contributed by atoms with Gasteiger partial charge in [0.2, 0.25) is 0 Å². The molecule has 0 heterocycles. The van der Waals surface area contributed by atoms with Crippen molar-refractivity contribution in [3.05, 3.63) is 48.0 Å². The zero-order valence-corrected chi connectivity index (χ0v) is 11.5. The van der Waals surface area contributed by atoms with Gasteiger partial charge in [-0.3, -0.25) is 4.79 Å². The summed E-state index contributed by atoms with van der Waals surface area (Å²) in [7, 11) is 3.89. The van der Waals surface area contributed by atoms with Gasteiger partial charge >= 0.3 is 0 Å². The fraction of sp³-hybridized carbons (Fsp3) is 0.133. The van der Waals surface area contributed by atoms with E-state index >= 15 is 0 Å². The Kier molecular flexibility index (Phi) is 3.79. The number of ether oxygens (including phenoxy) is 1. The van der Waals surface area contributed by atoms with E-state index in [-0.39, 0.29) is 11.3 Å². The van der Waals surface area contributed by atoms with E-state index in [0.717, 1.165) is 5.69 Å². The van der Waals surface area contributed by atoms with Gasteiger partial charge in [-0.1, -0.05) is 12.1 Å². The molecule has 5 heteroatoms. The summed E-state index contributed by atoms with van der Waals surface area (Å²) in [4.78, 5) is 13.2. The topological polar surface area (TPSA) is 81.6 Å². The molecule has 0 aromatic heterocycles. The third kappa shape index (κ3) is 2.83. The molecule has 20 heavy (non-hydrogen) atoms. The fourth-order valence-corrected chi connectivity index (χ4v) is 1.80. The first-order valence-corrected chi connectivity index (χ1v) is 6.12. The standard InChI is InChI=1S/C15H17N3O2/c1-18(2)10-5-3-6-11(9-10)20-13-8-4-7-12(14(13)16)15(17)19/h3-9H,16H2,1-2H3,(H2,17,19). The average molecular weight is 271 g/mol. The molecular formula is C15H17N3O2. The van der Waals surface area contributed by atoms with E-state index in [0.29, 0.717) is 11.5 Å². The molecule has 0 bridgehead atoms. The lowest BCUT2D eigenvalue weighted by Gasteiger charge is -2.15. The van der Waals surface area contributed by atoms with E-state index in [2.05, 4.69) is 0 Å². The maximum absolute atomic E-state index is 11.2. The summed E-state index contributed by atoms with van der Waals surface area (Å²) >= 11 is 0. The second kappa shape index (κ2) is 5.52. The van der Waals surface area contributed by atoms with E-state index in [1.807, 2.05) is 43.3 Å². The zero-order valence-electron chi connectivity index (χ0n) is 11.5. The Bertz CT molecular complexity index is 639. The minimum Gasteiger partial charge on any atom is -0.455 e. The van der Waals surface area contributed by atoms with Gasteiger partial charge in [0.05, 0.1) is 11.3 Å². The maximum Gasteiger partial charge on any atom is 0.250 e. The van der Waals surface area contributed by atoms with Crippen molar-refractivity contribution in [3.8, 4) is 11.5 Å². The fourth-order valence-electron chi connectivity index (χ4n) is 1.80. The zero-order chi connectivity index (χ0) is 14.7. The number of carbonyl (C=O) groups excluding carboxylic acids is 1. The Morgan fingerprint density at radius 3 is 2.50 bits per heavy atom. The minimum absolute atomic E-state index is 0.246. The number of nitrogens with zero attached hydrogens (tertiary/aromatic N) is 1. The van der Waals surface area contributed by atoms with Crippen LogP contribution in [-0.2, 0) is 0 Å². The molecular weight excluding hydrogens is 254 g/mol. The molecule has 0 spiro atoms. The lowest BCUT2D eigenvalue weighted by Crippen LogP contribution is -2.13. The average Bonchev–Trinajstić information content (AvgIpc) is 2.41. The van der Waals surface area contributed by atoms with Crippen molar-refractivity contribution < 1.29 is 9.53 Å². The lowest BCUT2D eigenvalue weighted by molar-refractivity contribution is 0.100. The molecule has 0 aliphatic rings. The van der Waals surface area contributed by atoms with Crippen LogP contribution in [0.25, 0.3) is 0 Å². The van der Waals surface area contributed by atoms with Gasteiger partial charge in [-0.15, -0.1) is 0 Å². The van der Waals surface area contributed by atoms with Crippen LogP contribution in [0.3, 0.4) is 0 Å². The van der Waals surface area contributed by atoms with Crippen molar-refractivity contribution in [3.63, 3.8) is 0 Å². The first kappa shape index (κ1) is 13.7. The van der Waals surface area contributed by atoms with E-state index in [1.165, 1.54) is 0 Å². The molecule has 0 saturated heterocycles. The van der Waals surface area contributed by atoms with Crippen LogP contribution < -0.4 is 21.1 Å². The number of nitrogens with two attached hydrogens (primary N) is 2. The molecule has 0 aliphatic heterocycles. The SMILES string of the molecule is CN(C)c1cccc(Oc2cccc(C(N)=O)c2N)c1. The Hall–Kier alpha value is -2.69. The number of hydrogen-bond acceptors (Lipinski definition) is 4. The lowest BCUT2D eigenvalue weighted by atomic mass is 10.1. The van der Waals surface area contributed by atoms with Gasteiger partial charge in [0.1, 0.15) is 5.75 Å². The van der Waals surface area contributed by atoms with Crippen molar-refractivity contribution in [2.75, 3.05) is 24.7 Å². The molecule has 2 aromatic carbocycles. The van der Waals surface area contributed by atoms with Crippen LogP contribution >= 0.6 is 0 Å². The molecule has 104 valence electrons. The predicted molar refractivity (Wildman–Crippen MR) is 80.2 cm³/mol. The number of anilines is 2. The molecule has 2 rings (SSSR count). The van der Waals surface area contributed by atoms with Crippen LogP contribution in [0.15, 0.2) is 42.5 Å². The van der Waals surface area contributed by atoms with Crippen molar-refractivity contribution in [1.29, 1.82) is 0 Å². The van der Waals surface area contributed by atoms with Gasteiger partial charge < -0.3 is 21.1 Å². The number of carbonyl (C=O) groups is 1. The molecule has 0 fully saturated rings. The third-order valence-electron chi connectivity index (χ3n) is 2.89. The largest absolute Gasteiger partial charge is 0.455 e. The number of amides is 1. The molecule has 0 atom stereocenters. The number of benzene rings is 2. The van der Waals surface area contributed by atoms with E-state index in [9.17, 15) is 4.79 Å². The van der Waals surface area contributed by atoms with Gasteiger partial charge in [0, 0.05) is 25.8 Å². The predicted octanol–water partition coefficient (Wildman–Crippen LogP) is 2.23. The van der Waals surface area contributed by atoms with Crippen LogP contribution in [0.4, 0.5) is 11.4 Å². The van der Waals surface area contributed by atoms with E-state index < -0.39 is 5.91 Å². The summed E-state index contributed by atoms with van der Waals surface area (Å²) in [5.41, 5.74) is 12.7. The molecule has 2 aromatic rings. The molecule has 4 N–H and O–H groups in total. The number of primary amides is 1. The molecule has 0 radical (unpaired) electrons. The Morgan fingerprint density at radius 1 is 1.15 bits per heavy atom. The normalized spacial score (nSPS) is 10.1. The highest BCUT2D eigenvalue weighted by molar-refractivity contribution is 5.99. The van der Waals surface area contributed by atoms with Gasteiger partial charge in [-0.05, 0) is 24.3 Å². The highest BCUT2D eigenvalue weighted by atomic mass is 16.5. The molecule has 5 nitrogen and oxygen atoms in total. The van der Waals surface area contributed by atoms with Crippen LogP contribution in [0.2, 0.25) is 0 Å². The first-order chi connectivity index (χ1) is 9.49. The van der Waals surface area contributed by atoms with Gasteiger partial charge in [-0.25, -0.2) is 0 Å². The summed E-state index contributed by atoms with van der Waals surface area (Å²) < 4.78 is 5.73. The monoisotopic (exact) mass is 271 g/mol. The second-order valence-corrected chi connectivity index (χ2v) is 4.58. The number of para-hydroxylation sites is 1. The Morgan fingerprint density at radius 2 is 1.85 bits per heavy atom. The quantitative estimate of drug-likeness (QED) is 0.835. The van der Waals surface area contributed by atoms with Crippen molar-refractivity contribution in [2.45, 2.75) is 0 Å². The summed E-state index contributed by atoms with van der Waals surface area (Å²) in [5, 5.41) is 0. The first-order valence-electron chi connectivity index (χ1n) is 6.12. The Balaban J connectivity index is 2.33. The van der Waals surface area contributed by atoms with Crippen molar-refractivity contribution >= 4 is 17.3 Å². The highest BCUT2D eigenvalue weighted by Crippen LogP contribution is 2.31. The highest BCUT2D eigenvalue weighted by Gasteiger charge is 2.11. The number of nitrogen functional groups attached to an aromatic ring is 1. The van der Waals surface area contributed by atoms with Crippen LogP contribution in [0.5, 0.6) is 11.5 Å². The maximum atomic E-state index is 11.2. The van der Waals surface area contributed by atoms with Crippen molar-refractivity contribution in [2.24, 2.45) is 5.73 Å². The summed E-state index contributed by atoms with van der Waals surface area (Å²) in [6.07, 6.45) is 0. The van der Waals surface area contributed by atoms with E-state index in [1.54, 1.807) is 18.2 Å². The van der Waals surface area contributed by atoms with Crippen LogP contribution in [0.1, 0.15) is 10.4 Å². The van der Waals surface area contributed by atoms with Gasteiger partial charge in [0.25, 0.3) is 5.91 Å². The van der Waals surface area contributed by atoms with Crippen LogP contribution in [-0.4, -0.2) is 20.0 Å². The third-order valence-corrected chi connectivity index (χ3v) is 2.89. The number of rotatable bonds is 4. The molecule has 1 amide bonds. The molecule has 0 saturated carbocycles. The minimum atomic E-state index is -0.574. The number of hydrogen-bond donors (Lipinski definition) is 2. The molecule has 0 aliphatic carbocycles. The van der Waals surface area contributed by atoms with Crippen molar-refractivity contribution in [1.82, 2.24) is 0 Å². The van der Waals surface area contributed by atoms with Crippen LogP contribution in [0, 0.1) is 0 Å². The molecule has 0 unspecified atom stereocenters. The smallest absolute Gasteiger partial charge is 0.250 e. The Labute approximate surface area is 117 Å².